The maximum absolute atomic E-state index is 12.6. The summed E-state index contributed by atoms with van der Waals surface area (Å²) in [6.45, 7) is 4.93. The van der Waals surface area contributed by atoms with Crippen LogP contribution < -0.4 is 5.32 Å². The number of carbonyl (C=O) groups excluding carboxylic acids is 2. The van der Waals surface area contributed by atoms with Gasteiger partial charge in [-0.15, -0.1) is 0 Å². The Morgan fingerprint density at radius 3 is 0.848 bits per heavy atom. The van der Waals surface area contributed by atoms with Crippen LogP contribution in [0.15, 0.2) is 36.5 Å². The second-order valence-corrected chi connectivity index (χ2v) is 29.2. The molecule has 0 aliphatic rings. The molecule has 1 amide bonds. The first-order chi connectivity index (χ1) is 45.5. The topological polar surface area (TPSA) is 95.9 Å². The Labute approximate surface area is 576 Å². The predicted molar refractivity (Wildman–Crippen MR) is 407 cm³/mol. The molecule has 0 aromatic heterocycles. The summed E-state index contributed by atoms with van der Waals surface area (Å²) >= 11 is 0. The van der Waals surface area contributed by atoms with E-state index >= 15 is 0 Å². The summed E-state index contributed by atoms with van der Waals surface area (Å²) in [7, 11) is 0. The third-order valence-corrected chi connectivity index (χ3v) is 19.9. The average molecular weight is 1290 g/mol. The van der Waals surface area contributed by atoms with Gasteiger partial charge in [-0.1, -0.05) is 436 Å². The van der Waals surface area contributed by atoms with Crippen molar-refractivity contribution in [3.63, 3.8) is 0 Å². The van der Waals surface area contributed by atoms with E-state index in [4.69, 9.17) is 4.74 Å². The summed E-state index contributed by atoms with van der Waals surface area (Å²) in [6.07, 6.45) is 107. The van der Waals surface area contributed by atoms with Crippen LogP contribution in [0.5, 0.6) is 0 Å². The van der Waals surface area contributed by atoms with Crippen molar-refractivity contribution in [2.24, 2.45) is 0 Å². The highest BCUT2D eigenvalue weighted by Crippen LogP contribution is 2.20. The quantitative estimate of drug-likeness (QED) is 0.0320. The lowest BCUT2D eigenvalue weighted by Gasteiger charge is -2.20. The molecule has 0 aliphatic heterocycles. The van der Waals surface area contributed by atoms with Gasteiger partial charge in [-0.3, -0.25) is 9.59 Å². The predicted octanol–water partition coefficient (Wildman–Crippen LogP) is 28.2. The van der Waals surface area contributed by atoms with Crippen LogP contribution >= 0.6 is 0 Å². The number of nitrogens with one attached hydrogen (secondary N) is 1. The van der Waals surface area contributed by atoms with Gasteiger partial charge in [0.2, 0.25) is 5.91 Å². The monoisotopic (exact) mass is 1290 g/mol. The number of hydrogen-bond donors (Lipinski definition) is 3. The Bertz CT molecular complexity index is 1490. The van der Waals surface area contributed by atoms with Crippen molar-refractivity contribution in [3.05, 3.63) is 36.5 Å². The number of amides is 1. The van der Waals surface area contributed by atoms with Crippen molar-refractivity contribution >= 4 is 11.9 Å². The summed E-state index contributed by atoms with van der Waals surface area (Å²) in [5.74, 6) is -0.0412. The van der Waals surface area contributed by atoms with Gasteiger partial charge < -0.3 is 20.3 Å². The van der Waals surface area contributed by atoms with Crippen LogP contribution in [0.2, 0.25) is 0 Å². The minimum Gasteiger partial charge on any atom is -0.466 e. The van der Waals surface area contributed by atoms with E-state index in [0.29, 0.717) is 19.4 Å². The van der Waals surface area contributed by atoms with E-state index in [9.17, 15) is 19.8 Å². The third-order valence-electron chi connectivity index (χ3n) is 19.9. The molecule has 0 saturated heterocycles. The first-order valence-electron chi connectivity index (χ1n) is 42.3. The molecule has 0 rings (SSSR count). The number of rotatable bonds is 80. The van der Waals surface area contributed by atoms with E-state index in [1.54, 1.807) is 6.08 Å². The van der Waals surface area contributed by atoms with Gasteiger partial charge in [-0.05, 0) is 64.2 Å². The number of aliphatic hydroxyl groups is 2. The van der Waals surface area contributed by atoms with Crippen LogP contribution in [-0.4, -0.2) is 47.4 Å². The molecule has 0 fully saturated rings. The zero-order chi connectivity index (χ0) is 66.3. The Hall–Kier alpha value is -1.92. The first kappa shape index (κ1) is 90.1. The van der Waals surface area contributed by atoms with Gasteiger partial charge in [0.05, 0.1) is 25.4 Å². The van der Waals surface area contributed by atoms with E-state index in [2.05, 4.69) is 43.5 Å². The molecule has 0 spiro atoms. The molecule has 2 unspecified atom stereocenters. The van der Waals surface area contributed by atoms with Crippen molar-refractivity contribution in [3.8, 4) is 0 Å². The van der Waals surface area contributed by atoms with Crippen molar-refractivity contribution in [2.75, 3.05) is 13.2 Å². The first-order valence-corrected chi connectivity index (χ1v) is 42.3. The molecule has 544 valence electrons. The van der Waals surface area contributed by atoms with E-state index in [-0.39, 0.29) is 18.5 Å². The summed E-state index contributed by atoms with van der Waals surface area (Å²) in [5.41, 5.74) is 0. The minimum absolute atomic E-state index is 0.0162. The smallest absolute Gasteiger partial charge is 0.305 e. The van der Waals surface area contributed by atoms with E-state index < -0.39 is 12.1 Å². The van der Waals surface area contributed by atoms with Crippen LogP contribution in [0.3, 0.4) is 0 Å². The van der Waals surface area contributed by atoms with Gasteiger partial charge >= 0.3 is 5.97 Å². The molecule has 0 aromatic carbocycles. The van der Waals surface area contributed by atoms with Gasteiger partial charge in [0.1, 0.15) is 0 Å². The molecule has 0 radical (unpaired) electrons. The standard InChI is InChI=1S/C86H165NO5/c1-3-5-7-9-11-13-15-17-19-21-22-40-43-47-50-54-58-62-66-70-74-78-84(89)83(82-88)87-85(90)79-75-71-67-63-59-55-51-48-44-41-38-36-34-32-30-28-26-24-23-25-27-29-31-33-35-37-39-42-45-49-53-57-61-65-69-73-77-81-92-86(91)80-76-72-68-64-60-56-52-46-20-18-16-14-12-10-8-6-4-2/h12,14,18,20,74,78,83-84,88-89H,3-11,13,15-17,19,21-73,75-77,79-82H2,1-2H3,(H,87,90)/b14-12-,20-18-,78-74+. The lowest BCUT2D eigenvalue weighted by Crippen LogP contribution is -2.45. The number of aliphatic hydroxyl groups excluding tert-OH is 2. The number of unbranched alkanes of at least 4 members (excludes halogenated alkanes) is 65. The van der Waals surface area contributed by atoms with Gasteiger partial charge in [0.25, 0.3) is 0 Å². The number of allylic oxidation sites excluding steroid dienone is 5. The highest BCUT2D eigenvalue weighted by molar-refractivity contribution is 5.76. The van der Waals surface area contributed by atoms with Crippen LogP contribution in [0.25, 0.3) is 0 Å². The molecular weight excluding hydrogens is 1130 g/mol. The van der Waals surface area contributed by atoms with E-state index in [0.717, 1.165) is 51.4 Å². The number of ether oxygens (including phenoxy) is 1. The second kappa shape index (κ2) is 81.5. The molecule has 0 saturated carbocycles. The van der Waals surface area contributed by atoms with Crippen LogP contribution in [0.1, 0.15) is 476 Å². The Kier molecular flexibility index (Phi) is 79.8. The van der Waals surface area contributed by atoms with Crippen LogP contribution in [0.4, 0.5) is 0 Å². The zero-order valence-electron chi connectivity index (χ0n) is 62.6. The molecule has 0 aliphatic carbocycles. The third kappa shape index (κ3) is 77.1. The van der Waals surface area contributed by atoms with Gasteiger partial charge in [0, 0.05) is 12.8 Å². The molecule has 92 heavy (non-hydrogen) atoms. The molecule has 6 nitrogen and oxygen atoms in total. The summed E-state index contributed by atoms with van der Waals surface area (Å²) in [6, 6.07) is -0.625. The van der Waals surface area contributed by atoms with Gasteiger partial charge in [0.15, 0.2) is 0 Å². The number of esters is 1. The van der Waals surface area contributed by atoms with Crippen molar-refractivity contribution in [1.29, 1.82) is 0 Å². The molecule has 2 atom stereocenters. The minimum atomic E-state index is -0.842. The maximum Gasteiger partial charge on any atom is 0.305 e. The Morgan fingerprint density at radius 1 is 0.304 bits per heavy atom. The Balaban J connectivity index is 3.32. The summed E-state index contributed by atoms with van der Waals surface area (Å²) in [4.78, 5) is 24.7. The van der Waals surface area contributed by atoms with Crippen molar-refractivity contribution < 1.29 is 24.5 Å². The largest absolute Gasteiger partial charge is 0.466 e. The molecule has 0 heterocycles. The SMILES string of the molecule is CCCCC/C=C\C/C=C\CCCCCCCCCC(=O)OCCCCCCCCCCCCCCCCCCCCCCCCCCCCCCCCCCCCCCCC(=O)NC(CO)C(O)/C=C/CCCCCCCCCCCCCCCCCCCCC. The lowest BCUT2D eigenvalue weighted by molar-refractivity contribution is -0.143. The fourth-order valence-corrected chi connectivity index (χ4v) is 13.5. The van der Waals surface area contributed by atoms with Crippen LogP contribution in [0, 0.1) is 0 Å². The highest BCUT2D eigenvalue weighted by Gasteiger charge is 2.18. The second-order valence-electron chi connectivity index (χ2n) is 29.2. The fraction of sp³-hybridized carbons (Fsp3) is 0.907. The molecule has 6 heteroatoms. The maximum atomic E-state index is 12.6. The van der Waals surface area contributed by atoms with Gasteiger partial charge in [-0.2, -0.15) is 0 Å². The lowest BCUT2D eigenvalue weighted by atomic mass is 10.0. The number of carbonyl (C=O) groups is 2. The van der Waals surface area contributed by atoms with E-state index in [1.807, 2.05) is 6.08 Å². The Morgan fingerprint density at radius 2 is 0.543 bits per heavy atom. The summed E-state index contributed by atoms with van der Waals surface area (Å²) < 4.78 is 5.51. The van der Waals surface area contributed by atoms with E-state index in [1.165, 1.54) is 398 Å². The average Bonchev–Trinajstić information content (AvgIpc) is 3.62. The highest BCUT2D eigenvalue weighted by atomic mass is 16.5. The zero-order valence-corrected chi connectivity index (χ0v) is 62.6. The fourth-order valence-electron chi connectivity index (χ4n) is 13.5. The molecule has 0 aromatic rings. The van der Waals surface area contributed by atoms with Crippen molar-refractivity contribution in [2.45, 2.75) is 488 Å². The van der Waals surface area contributed by atoms with Crippen molar-refractivity contribution in [1.82, 2.24) is 5.32 Å². The summed E-state index contributed by atoms with van der Waals surface area (Å²) in [5, 5.41) is 23.3. The molecule has 3 N–H and O–H groups in total. The van der Waals surface area contributed by atoms with Crippen LogP contribution in [-0.2, 0) is 14.3 Å². The molecular formula is C86H165NO5. The number of hydrogen-bond acceptors (Lipinski definition) is 5. The normalized spacial score (nSPS) is 12.6. The molecule has 0 bridgehead atoms. The van der Waals surface area contributed by atoms with Gasteiger partial charge in [-0.25, -0.2) is 0 Å².